The van der Waals surface area contributed by atoms with Gasteiger partial charge in [-0.2, -0.15) is 13.2 Å². The first-order chi connectivity index (χ1) is 14.8. The van der Waals surface area contributed by atoms with Gasteiger partial charge in [0.15, 0.2) is 0 Å². The number of hydrogen-bond acceptors (Lipinski definition) is 3. The van der Waals surface area contributed by atoms with Crippen molar-refractivity contribution < 1.29 is 32.9 Å². The lowest BCUT2D eigenvalue weighted by Gasteiger charge is -2.27. The minimum atomic E-state index is -4.62. The zero-order valence-electron chi connectivity index (χ0n) is 16.3. The summed E-state index contributed by atoms with van der Waals surface area (Å²) in [5, 5.41) is 20.0. The number of aromatic carboxylic acids is 1. The molecule has 160 valence electrons. The van der Waals surface area contributed by atoms with Crippen molar-refractivity contribution in [2.45, 2.75) is 25.1 Å². The van der Waals surface area contributed by atoms with Gasteiger partial charge in [0.05, 0.1) is 23.8 Å². The summed E-state index contributed by atoms with van der Waals surface area (Å²) in [6.07, 6.45) is -4.66. The first-order valence-electron chi connectivity index (χ1n) is 9.71. The van der Waals surface area contributed by atoms with Crippen molar-refractivity contribution >= 4 is 5.97 Å². The highest BCUT2D eigenvalue weighted by Crippen LogP contribution is 2.43. The van der Waals surface area contributed by atoms with Crippen LogP contribution in [-0.4, -0.2) is 22.8 Å². The van der Waals surface area contributed by atoms with Crippen LogP contribution in [0.4, 0.5) is 13.2 Å². The molecule has 0 saturated heterocycles. The summed E-state index contributed by atoms with van der Waals surface area (Å²) in [5.74, 6) is -0.929. The molecule has 0 fully saturated rings. The Morgan fingerprint density at radius 3 is 2.45 bits per heavy atom. The Balaban J connectivity index is 1.97. The number of aliphatic hydroxyl groups is 1. The largest absolute Gasteiger partial charge is 0.493 e. The molecule has 0 bridgehead atoms. The van der Waals surface area contributed by atoms with E-state index in [9.17, 15) is 28.2 Å². The smallest absolute Gasteiger partial charge is 0.416 e. The second kappa shape index (κ2) is 8.07. The number of halogens is 3. The molecule has 0 saturated carbocycles. The van der Waals surface area contributed by atoms with E-state index in [-0.39, 0.29) is 17.7 Å². The number of carbonyl (C=O) groups is 1. The fourth-order valence-corrected chi connectivity index (χ4v) is 3.86. The number of carboxylic acids is 1. The van der Waals surface area contributed by atoms with E-state index in [0.717, 1.165) is 23.8 Å². The van der Waals surface area contributed by atoms with Gasteiger partial charge in [-0.25, -0.2) is 4.79 Å². The molecular weight excluding hydrogens is 409 g/mol. The first-order valence-corrected chi connectivity index (χ1v) is 9.71. The van der Waals surface area contributed by atoms with Crippen LogP contribution in [0.25, 0.3) is 11.1 Å². The lowest BCUT2D eigenvalue weighted by atomic mass is 9.87. The van der Waals surface area contributed by atoms with Gasteiger partial charge in [0.1, 0.15) is 5.75 Å². The van der Waals surface area contributed by atoms with E-state index < -0.39 is 23.8 Å². The molecule has 31 heavy (non-hydrogen) atoms. The lowest BCUT2D eigenvalue weighted by molar-refractivity contribution is -0.137. The molecule has 4 nitrogen and oxygen atoms in total. The van der Waals surface area contributed by atoms with Gasteiger partial charge in [-0.1, -0.05) is 42.5 Å². The fourth-order valence-electron chi connectivity index (χ4n) is 3.86. The SMILES string of the molecule is O=C(O)c1ccc(C(F)(F)F)cc1-c1ccc2c(c1Cc1ccccc1)OCC[C@H]2O. The number of benzene rings is 3. The predicted octanol–water partition coefficient (Wildman–Crippen LogP) is 5.48. The van der Waals surface area contributed by atoms with Crippen molar-refractivity contribution in [1.82, 2.24) is 0 Å². The van der Waals surface area contributed by atoms with Crippen LogP contribution in [0.15, 0.2) is 60.7 Å². The van der Waals surface area contributed by atoms with E-state index in [1.165, 1.54) is 0 Å². The van der Waals surface area contributed by atoms with Crippen LogP contribution >= 0.6 is 0 Å². The van der Waals surface area contributed by atoms with Crippen molar-refractivity contribution in [3.63, 3.8) is 0 Å². The van der Waals surface area contributed by atoms with E-state index in [1.807, 2.05) is 30.3 Å². The third kappa shape index (κ3) is 4.14. The Hall–Kier alpha value is -3.32. The standard InChI is InChI=1S/C24H19F3O4/c25-24(26,27)15-6-7-17(23(29)30)19(13-15)16-8-9-18-21(28)10-11-31-22(18)20(16)12-14-4-2-1-3-5-14/h1-9,13,21,28H,10-12H2,(H,29,30)/t21-/m1/s1. The molecule has 0 amide bonds. The van der Waals surface area contributed by atoms with Gasteiger partial charge < -0.3 is 14.9 Å². The fraction of sp³-hybridized carbons (Fsp3) is 0.208. The molecule has 1 aliphatic heterocycles. The summed E-state index contributed by atoms with van der Waals surface area (Å²) in [5.41, 5.74) is 1.09. The van der Waals surface area contributed by atoms with Crippen LogP contribution in [0.2, 0.25) is 0 Å². The number of alkyl halides is 3. The van der Waals surface area contributed by atoms with Crippen molar-refractivity contribution in [3.8, 4) is 16.9 Å². The average molecular weight is 428 g/mol. The number of rotatable bonds is 4. The summed E-state index contributed by atoms with van der Waals surface area (Å²) in [6, 6.07) is 15.0. The molecule has 7 heteroatoms. The van der Waals surface area contributed by atoms with Gasteiger partial charge in [-0.3, -0.25) is 0 Å². The Morgan fingerprint density at radius 2 is 1.77 bits per heavy atom. The van der Waals surface area contributed by atoms with Gasteiger partial charge in [0.25, 0.3) is 0 Å². The Labute approximate surface area is 176 Å². The molecule has 1 heterocycles. The molecule has 1 atom stereocenters. The molecule has 3 aromatic carbocycles. The summed E-state index contributed by atoms with van der Waals surface area (Å²) < 4.78 is 46.0. The third-order valence-corrected chi connectivity index (χ3v) is 5.38. The van der Waals surface area contributed by atoms with Crippen molar-refractivity contribution in [2.75, 3.05) is 6.61 Å². The molecular formula is C24H19F3O4. The summed E-state index contributed by atoms with van der Waals surface area (Å²) >= 11 is 0. The van der Waals surface area contributed by atoms with Crippen molar-refractivity contribution in [2.24, 2.45) is 0 Å². The van der Waals surface area contributed by atoms with Crippen LogP contribution < -0.4 is 4.74 Å². The molecule has 1 aliphatic rings. The second-order valence-electron chi connectivity index (χ2n) is 7.39. The van der Waals surface area contributed by atoms with Gasteiger partial charge in [0, 0.05) is 24.0 Å². The Bertz CT molecular complexity index is 1120. The molecule has 0 unspecified atom stereocenters. The number of carboxylic acid groups (broad SMARTS) is 1. The summed E-state index contributed by atoms with van der Waals surface area (Å²) in [4.78, 5) is 11.8. The highest BCUT2D eigenvalue weighted by atomic mass is 19.4. The van der Waals surface area contributed by atoms with Crippen LogP contribution in [0.5, 0.6) is 5.75 Å². The Morgan fingerprint density at radius 1 is 1.03 bits per heavy atom. The number of fused-ring (bicyclic) bond motifs is 1. The van der Waals surface area contributed by atoms with Crippen molar-refractivity contribution in [1.29, 1.82) is 0 Å². The van der Waals surface area contributed by atoms with E-state index in [4.69, 9.17) is 4.74 Å². The summed E-state index contributed by atoms with van der Waals surface area (Å²) in [6.45, 7) is 0.258. The van der Waals surface area contributed by atoms with Crippen LogP contribution in [0.1, 0.15) is 45.1 Å². The molecule has 4 rings (SSSR count). The Kier molecular flexibility index (Phi) is 5.45. The monoisotopic (exact) mass is 428 g/mol. The van der Waals surface area contributed by atoms with Gasteiger partial charge >= 0.3 is 12.1 Å². The average Bonchev–Trinajstić information content (AvgIpc) is 2.74. The number of aliphatic hydroxyl groups excluding tert-OH is 1. The number of ether oxygens (including phenoxy) is 1. The maximum atomic E-state index is 13.4. The zero-order chi connectivity index (χ0) is 22.2. The molecule has 0 aromatic heterocycles. The highest BCUT2D eigenvalue weighted by molar-refractivity contribution is 5.97. The highest BCUT2D eigenvalue weighted by Gasteiger charge is 2.33. The molecule has 3 aromatic rings. The molecule has 0 spiro atoms. The second-order valence-corrected chi connectivity index (χ2v) is 7.39. The molecule has 0 aliphatic carbocycles. The van der Waals surface area contributed by atoms with E-state index in [0.29, 0.717) is 35.3 Å². The molecule has 0 radical (unpaired) electrons. The van der Waals surface area contributed by atoms with E-state index >= 15 is 0 Å². The predicted molar refractivity (Wildman–Crippen MR) is 108 cm³/mol. The van der Waals surface area contributed by atoms with E-state index in [2.05, 4.69) is 0 Å². The quantitative estimate of drug-likeness (QED) is 0.578. The number of hydrogen-bond donors (Lipinski definition) is 2. The van der Waals surface area contributed by atoms with Crippen LogP contribution in [0.3, 0.4) is 0 Å². The minimum Gasteiger partial charge on any atom is -0.493 e. The molecule has 2 N–H and O–H groups in total. The normalized spacial score (nSPS) is 15.8. The van der Waals surface area contributed by atoms with Gasteiger partial charge in [0.2, 0.25) is 0 Å². The van der Waals surface area contributed by atoms with Crippen molar-refractivity contribution in [3.05, 3.63) is 88.5 Å². The lowest BCUT2D eigenvalue weighted by Crippen LogP contribution is -2.16. The first kappa shape index (κ1) is 20.9. The minimum absolute atomic E-state index is 0.0419. The topological polar surface area (TPSA) is 66.8 Å². The van der Waals surface area contributed by atoms with E-state index in [1.54, 1.807) is 12.1 Å². The summed E-state index contributed by atoms with van der Waals surface area (Å²) in [7, 11) is 0. The maximum Gasteiger partial charge on any atom is 0.416 e. The third-order valence-electron chi connectivity index (χ3n) is 5.38. The maximum absolute atomic E-state index is 13.4. The zero-order valence-corrected chi connectivity index (χ0v) is 16.3. The van der Waals surface area contributed by atoms with Crippen LogP contribution in [0, 0.1) is 0 Å². The van der Waals surface area contributed by atoms with Crippen LogP contribution in [-0.2, 0) is 12.6 Å². The van der Waals surface area contributed by atoms with Gasteiger partial charge in [-0.15, -0.1) is 0 Å². The van der Waals surface area contributed by atoms with Gasteiger partial charge in [-0.05, 0) is 34.9 Å².